The van der Waals surface area contributed by atoms with E-state index in [1.165, 1.54) is 13.2 Å². The summed E-state index contributed by atoms with van der Waals surface area (Å²) in [6.45, 7) is 0. The molecule has 1 aliphatic heterocycles. The quantitative estimate of drug-likeness (QED) is 0.575. The van der Waals surface area contributed by atoms with Gasteiger partial charge in [0.15, 0.2) is 6.10 Å². The third-order valence-corrected chi connectivity index (χ3v) is 2.26. The molecule has 1 aliphatic rings. The average Bonchev–Trinajstić information content (AvgIpc) is 2.55. The molecule has 6 nitrogen and oxygen atoms in total. The van der Waals surface area contributed by atoms with Crippen LogP contribution in [-0.2, 0) is 0 Å². The second kappa shape index (κ2) is 3.39. The van der Waals surface area contributed by atoms with Crippen molar-refractivity contribution in [1.29, 1.82) is 0 Å². The Labute approximate surface area is 85.2 Å². The molecule has 0 saturated heterocycles. The zero-order chi connectivity index (χ0) is 11.0. The highest BCUT2D eigenvalue weighted by molar-refractivity contribution is 5.44. The van der Waals surface area contributed by atoms with Crippen LogP contribution in [0.1, 0.15) is 11.7 Å². The van der Waals surface area contributed by atoms with E-state index in [-0.39, 0.29) is 0 Å². The molecule has 15 heavy (non-hydrogen) atoms. The average molecular weight is 211 g/mol. The van der Waals surface area contributed by atoms with E-state index in [4.69, 9.17) is 9.47 Å². The fraction of sp³-hybridized carbons (Fsp3) is 0.333. The summed E-state index contributed by atoms with van der Waals surface area (Å²) >= 11 is 0. The maximum Gasteiger partial charge on any atom is 0.384 e. The first-order chi connectivity index (χ1) is 7.13. The van der Waals surface area contributed by atoms with Crippen LogP contribution in [0.3, 0.4) is 0 Å². The van der Waals surface area contributed by atoms with Gasteiger partial charge in [0.05, 0.1) is 12.0 Å². The fourth-order valence-electron chi connectivity index (χ4n) is 1.49. The van der Waals surface area contributed by atoms with Gasteiger partial charge in [-0.3, -0.25) is 10.1 Å². The van der Waals surface area contributed by atoms with Gasteiger partial charge in [-0.25, -0.2) is 0 Å². The zero-order valence-corrected chi connectivity index (χ0v) is 7.91. The molecule has 0 radical (unpaired) electrons. The van der Waals surface area contributed by atoms with Crippen LogP contribution in [0.2, 0.25) is 0 Å². The van der Waals surface area contributed by atoms with Crippen LogP contribution >= 0.6 is 0 Å². The molecule has 1 N–H and O–H groups in total. The van der Waals surface area contributed by atoms with Gasteiger partial charge in [0, 0.05) is 11.6 Å². The molecule has 0 aliphatic carbocycles. The van der Waals surface area contributed by atoms with Gasteiger partial charge >= 0.3 is 6.23 Å². The van der Waals surface area contributed by atoms with Crippen LogP contribution in [0.4, 0.5) is 0 Å². The summed E-state index contributed by atoms with van der Waals surface area (Å²) in [6.07, 6.45) is -2.65. The number of hydrogen-bond acceptors (Lipinski definition) is 5. The Hall–Kier alpha value is -1.82. The summed E-state index contributed by atoms with van der Waals surface area (Å²) < 4.78 is 9.93. The minimum atomic E-state index is -1.42. The van der Waals surface area contributed by atoms with E-state index in [9.17, 15) is 15.2 Å². The first kappa shape index (κ1) is 9.72. The lowest BCUT2D eigenvalue weighted by molar-refractivity contribution is -0.572. The Kier molecular flexibility index (Phi) is 2.20. The molecule has 0 amide bonds. The molecule has 80 valence electrons. The standard InChI is InChI=1S/C9H9NO5/c1-14-5-2-3-6-7(4-5)15-9(8(6)11)10(12)13/h2-4,8-9,11H,1H3/t8-,9+/m0/s1. The van der Waals surface area contributed by atoms with Crippen LogP contribution in [0.25, 0.3) is 0 Å². The number of nitrogens with zero attached hydrogens (tertiary/aromatic N) is 1. The third-order valence-electron chi connectivity index (χ3n) is 2.26. The molecule has 1 heterocycles. The monoisotopic (exact) mass is 211 g/mol. The summed E-state index contributed by atoms with van der Waals surface area (Å²) in [5.74, 6) is 0.827. The lowest BCUT2D eigenvalue weighted by Gasteiger charge is -2.04. The van der Waals surface area contributed by atoms with Crippen LogP contribution < -0.4 is 9.47 Å². The Bertz CT molecular complexity index is 405. The minimum Gasteiger partial charge on any atom is -0.497 e. The highest BCUT2D eigenvalue weighted by Crippen LogP contribution is 2.38. The van der Waals surface area contributed by atoms with E-state index in [0.29, 0.717) is 17.1 Å². The van der Waals surface area contributed by atoms with Crippen molar-refractivity contribution in [1.82, 2.24) is 0 Å². The number of rotatable bonds is 2. The first-order valence-corrected chi connectivity index (χ1v) is 4.29. The van der Waals surface area contributed by atoms with E-state index in [0.717, 1.165) is 0 Å². The van der Waals surface area contributed by atoms with Crippen molar-refractivity contribution in [3.05, 3.63) is 33.9 Å². The van der Waals surface area contributed by atoms with E-state index in [2.05, 4.69) is 0 Å². The number of ether oxygens (including phenoxy) is 2. The predicted molar refractivity (Wildman–Crippen MR) is 49.4 cm³/mol. The molecule has 0 fully saturated rings. The number of aliphatic hydroxyl groups is 1. The number of aliphatic hydroxyl groups excluding tert-OH is 1. The normalized spacial score (nSPS) is 23.1. The van der Waals surface area contributed by atoms with Crippen molar-refractivity contribution < 1.29 is 19.5 Å². The number of methoxy groups -OCH3 is 1. The summed E-state index contributed by atoms with van der Waals surface area (Å²) in [5.41, 5.74) is 0.414. The third kappa shape index (κ3) is 1.48. The number of benzene rings is 1. The SMILES string of the molecule is COc1ccc2c(c1)O[C@@H]([N+](=O)[O-])[C@H]2O. The Balaban J connectivity index is 2.36. The van der Waals surface area contributed by atoms with E-state index >= 15 is 0 Å². The smallest absolute Gasteiger partial charge is 0.384 e. The summed E-state index contributed by atoms with van der Waals surface area (Å²) in [4.78, 5) is 9.87. The van der Waals surface area contributed by atoms with Crippen molar-refractivity contribution in [2.75, 3.05) is 7.11 Å². The molecule has 6 heteroatoms. The molecule has 2 rings (SSSR count). The second-order valence-electron chi connectivity index (χ2n) is 3.14. The van der Waals surface area contributed by atoms with Crippen molar-refractivity contribution in [2.45, 2.75) is 12.3 Å². The summed E-state index contributed by atoms with van der Waals surface area (Å²) in [5, 5.41) is 20.1. The lowest BCUT2D eigenvalue weighted by atomic mass is 10.1. The molecule has 0 spiro atoms. The van der Waals surface area contributed by atoms with Gasteiger partial charge in [0.2, 0.25) is 0 Å². The molecule has 0 aromatic heterocycles. The Morgan fingerprint density at radius 2 is 2.33 bits per heavy atom. The highest BCUT2D eigenvalue weighted by atomic mass is 16.7. The van der Waals surface area contributed by atoms with Gasteiger partial charge < -0.3 is 14.6 Å². The number of hydrogen-bond donors (Lipinski definition) is 1. The van der Waals surface area contributed by atoms with Gasteiger partial charge in [-0.2, -0.15) is 0 Å². The van der Waals surface area contributed by atoms with Crippen LogP contribution in [-0.4, -0.2) is 23.4 Å². The first-order valence-electron chi connectivity index (χ1n) is 4.29. The second-order valence-corrected chi connectivity index (χ2v) is 3.14. The van der Waals surface area contributed by atoms with E-state index < -0.39 is 17.3 Å². The van der Waals surface area contributed by atoms with Gasteiger partial charge in [-0.1, -0.05) is 0 Å². The summed E-state index contributed by atoms with van der Waals surface area (Å²) in [6, 6.07) is 4.69. The van der Waals surface area contributed by atoms with Crippen molar-refractivity contribution in [3.8, 4) is 11.5 Å². The van der Waals surface area contributed by atoms with Crippen LogP contribution in [0.5, 0.6) is 11.5 Å². The maximum atomic E-state index is 10.5. The number of fused-ring (bicyclic) bond motifs is 1. The van der Waals surface area contributed by atoms with Gasteiger partial charge in [-0.15, -0.1) is 0 Å². The molecular formula is C9H9NO5. The van der Waals surface area contributed by atoms with Crippen molar-refractivity contribution >= 4 is 0 Å². The lowest BCUT2D eigenvalue weighted by Crippen LogP contribution is -2.27. The van der Waals surface area contributed by atoms with Crippen molar-refractivity contribution in [3.63, 3.8) is 0 Å². The topological polar surface area (TPSA) is 81.8 Å². The largest absolute Gasteiger partial charge is 0.497 e. The van der Waals surface area contributed by atoms with Gasteiger partial charge in [-0.05, 0) is 12.1 Å². The van der Waals surface area contributed by atoms with Crippen LogP contribution in [0.15, 0.2) is 18.2 Å². The minimum absolute atomic E-state index is 0.295. The maximum absolute atomic E-state index is 10.5. The molecular weight excluding hydrogens is 202 g/mol. The van der Waals surface area contributed by atoms with Crippen molar-refractivity contribution in [2.24, 2.45) is 0 Å². The molecule has 0 saturated carbocycles. The predicted octanol–water partition coefficient (Wildman–Crippen LogP) is 0.724. The van der Waals surface area contributed by atoms with Gasteiger partial charge in [0.25, 0.3) is 0 Å². The number of nitro groups is 1. The fourth-order valence-corrected chi connectivity index (χ4v) is 1.49. The molecule has 1 aromatic carbocycles. The highest BCUT2D eigenvalue weighted by Gasteiger charge is 2.41. The Morgan fingerprint density at radius 1 is 1.60 bits per heavy atom. The molecule has 0 bridgehead atoms. The van der Waals surface area contributed by atoms with Gasteiger partial charge in [0.1, 0.15) is 11.5 Å². The van der Waals surface area contributed by atoms with E-state index in [1.54, 1.807) is 12.1 Å². The van der Waals surface area contributed by atoms with Crippen LogP contribution in [0, 0.1) is 10.1 Å². The molecule has 2 atom stereocenters. The molecule has 1 aromatic rings. The zero-order valence-electron chi connectivity index (χ0n) is 7.91. The van der Waals surface area contributed by atoms with E-state index in [1.807, 2.05) is 0 Å². The molecule has 0 unspecified atom stereocenters. The Morgan fingerprint density at radius 3 is 2.93 bits per heavy atom. The summed E-state index contributed by atoms with van der Waals surface area (Å²) in [7, 11) is 1.48.